The second-order valence-electron chi connectivity index (χ2n) is 4.32. The molecule has 3 rings (SSSR count). The minimum Gasteiger partial charge on any atom is -0.411 e. The Labute approximate surface area is 134 Å². The van der Waals surface area contributed by atoms with Gasteiger partial charge in [0.1, 0.15) is 5.51 Å². The van der Waals surface area contributed by atoms with Crippen LogP contribution in [0.25, 0.3) is 11.5 Å². The van der Waals surface area contributed by atoms with Crippen LogP contribution in [0, 0.1) is 6.92 Å². The Hall–Kier alpha value is -2.26. The molecular weight excluding hydrogens is 322 g/mol. The lowest BCUT2D eigenvalue weighted by molar-refractivity contribution is -0.113. The van der Waals surface area contributed by atoms with Gasteiger partial charge in [0, 0.05) is 5.56 Å². The summed E-state index contributed by atoms with van der Waals surface area (Å²) in [5.74, 6) is 0.402. The Morgan fingerprint density at radius 3 is 2.82 bits per heavy atom. The van der Waals surface area contributed by atoms with Crippen LogP contribution < -0.4 is 5.32 Å². The first-order chi connectivity index (χ1) is 10.7. The number of benzene rings is 1. The molecule has 1 aromatic carbocycles. The minimum absolute atomic E-state index is 0.162. The first-order valence-electron chi connectivity index (χ1n) is 6.30. The quantitative estimate of drug-likeness (QED) is 0.717. The van der Waals surface area contributed by atoms with Crippen molar-refractivity contribution in [1.82, 2.24) is 20.4 Å². The normalized spacial score (nSPS) is 10.6. The van der Waals surface area contributed by atoms with E-state index < -0.39 is 0 Å². The van der Waals surface area contributed by atoms with Crippen molar-refractivity contribution in [1.29, 1.82) is 0 Å². The minimum atomic E-state index is -0.197. The predicted octanol–water partition coefficient (Wildman–Crippen LogP) is 2.63. The molecule has 0 spiro atoms. The van der Waals surface area contributed by atoms with E-state index in [1.165, 1.54) is 23.1 Å². The Kier molecular flexibility index (Phi) is 4.45. The smallest absolute Gasteiger partial charge is 0.277 e. The van der Waals surface area contributed by atoms with E-state index in [9.17, 15) is 4.79 Å². The summed E-state index contributed by atoms with van der Waals surface area (Å²) < 4.78 is 5.53. The molecule has 0 aliphatic heterocycles. The Morgan fingerprint density at radius 2 is 2.09 bits per heavy atom. The van der Waals surface area contributed by atoms with E-state index >= 15 is 0 Å². The summed E-state index contributed by atoms with van der Waals surface area (Å²) in [6.45, 7) is 2.01. The van der Waals surface area contributed by atoms with E-state index in [2.05, 4.69) is 25.7 Å². The van der Waals surface area contributed by atoms with Gasteiger partial charge < -0.3 is 4.42 Å². The molecule has 0 saturated heterocycles. The van der Waals surface area contributed by atoms with Gasteiger partial charge in [-0.1, -0.05) is 40.8 Å². The third kappa shape index (κ3) is 3.68. The third-order valence-corrected chi connectivity index (χ3v) is 4.06. The van der Waals surface area contributed by atoms with Crippen LogP contribution in [0.4, 0.5) is 5.13 Å². The van der Waals surface area contributed by atoms with Crippen molar-refractivity contribution in [2.24, 2.45) is 0 Å². The second kappa shape index (κ2) is 6.67. The van der Waals surface area contributed by atoms with E-state index in [1.54, 1.807) is 5.51 Å². The number of carbonyl (C=O) groups is 1. The van der Waals surface area contributed by atoms with E-state index in [1.807, 2.05) is 31.2 Å². The number of thioether (sulfide) groups is 1. The molecule has 1 amide bonds. The maximum atomic E-state index is 11.7. The van der Waals surface area contributed by atoms with Gasteiger partial charge in [-0.3, -0.25) is 10.1 Å². The molecule has 22 heavy (non-hydrogen) atoms. The zero-order chi connectivity index (χ0) is 15.4. The fourth-order valence-corrected chi connectivity index (χ4v) is 2.62. The predicted molar refractivity (Wildman–Crippen MR) is 83.7 cm³/mol. The number of aromatic nitrogens is 4. The van der Waals surface area contributed by atoms with Crippen LogP contribution in [0.1, 0.15) is 5.56 Å². The van der Waals surface area contributed by atoms with Gasteiger partial charge in [-0.15, -0.1) is 20.4 Å². The van der Waals surface area contributed by atoms with Crippen molar-refractivity contribution in [3.63, 3.8) is 0 Å². The highest BCUT2D eigenvalue weighted by molar-refractivity contribution is 7.99. The molecule has 1 N–H and O–H groups in total. The molecule has 0 aliphatic carbocycles. The van der Waals surface area contributed by atoms with Crippen molar-refractivity contribution < 1.29 is 9.21 Å². The highest BCUT2D eigenvalue weighted by atomic mass is 32.2. The molecule has 0 radical (unpaired) electrons. The average Bonchev–Trinajstić information content (AvgIpc) is 3.17. The number of nitrogens with one attached hydrogen (secondary N) is 1. The van der Waals surface area contributed by atoms with Gasteiger partial charge in [0.25, 0.3) is 5.22 Å². The lowest BCUT2D eigenvalue weighted by atomic mass is 10.1. The first kappa shape index (κ1) is 14.7. The highest BCUT2D eigenvalue weighted by Crippen LogP contribution is 2.23. The van der Waals surface area contributed by atoms with Gasteiger partial charge in [0.15, 0.2) is 0 Å². The van der Waals surface area contributed by atoms with Gasteiger partial charge in [-0.2, -0.15) is 0 Å². The van der Waals surface area contributed by atoms with Gasteiger partial charge in [-0.05, 0) is 19.1 Å². The lowest BCUT2D eigenvalue weighted by Crippen LogP contribution is -2.13. The van der Waals surface area contributed by atoms with Crippen LogP contribution >= 0.6 is 23.1 Å². The Bertz CT molecular complexity index is 755. The van der Waals surface area contributed by atoms with Crippen LogP contribution in [-0.4, -0.2) is 32.1 Å². The number of rotatable bonds is 5. The molecule has 9 heteroatoms. The van der Waals surface area contributed by atoms with Crippen molar-refractivity contribution in [3.8, 4) is 11.5 Å². The van der Waals surface area contributed by atoms with E-state index in [-0.39, 0.29) is 11.7 Å². The van der Waals surface area contributed by atoms with E-state index in [4.69, 9.17) is 4.42 Å². The molecule has 2 aromatic heterocycles. The number of nitrogens with zero attached hydrogens (tertiary/aromatic N) is 4. The molecule has 0 fully saturated rings. The summed E-state index contributed by atoms with van der Waals surface area (Å²) in [7, 11) is 0. The molecule has 112 valence electrons. The fraction of sp³-hybridized carbons (Fsp3) is 0.154. The Balaban J connectivity index is 1.57. The fourth-order valence-electron chi connectivity index (χ4n) is 1.59. The largest absolute Gasteiger partial charge is 0.411 e. The third-order valence-electron chi connectivity index (χ3n) is 2.64. The van der Waals surface area contributed by atoms with Crippen LogP contribution in [0.5, 0.6) is 0 Å². The first-order valence-corrected chi connectivity index (χ1v) is 8.16. The molecule has 7 nitrogen and oxygen atoms in total. The molecule has 0 saturated carbocycles. The van der Waals surface area contributed by atoms with Crippen LogP contribution in [0.2, 0.25) is 0 Å². The zero-order valence-corrected chi connectivity index (χ0v) is 13.1. The van der Waals surface area contributed by atoms with E-state index in [0.29, 0.717) is 16.2 Å². The lowest BCUT2D eigenvalue weighted by Gasteiger charge is -1.98. The number of aryl methyl sites for hydroxylation is 1. The monoisotopic (exact) mass is 333 g/mol. The van der Waals surface area contributed by atoms with Gasteiger partial charge in [0.05, 0.1) is 5.75 Å². The number of amides is 1. The zero-order valence-electron chi connectivity index (χ0n) is 11.5. The van der Waals surface area contributed by atoms with Crippen LogP contribution in [0.3, 0.4) is 0 Å². The maximum Gasteiger partial charge on any atom is 0.277 e. The van der Waals surface area contributed by atoms with E-state index in [0.717, 1.165) is 11.1 Å². The maximum absolute atomic E-state index is 11.7. The van der Waals surface area contributed by atoms with Crippen molar-refractivity contribution >= 4 is 34.1 Å². The number of anilines is 1. The summed E-state index contributed by atoms with van der Waals surface area (Å²) in [6, 6.07) is 7.78. The topological polar surface area (TPSA) is 93.8 Å². The number of hydrogen-bond donors (Lipinski definition) is 1. The second-order valence-corrected chi connectivity index (χ2v) is 6.08. The van der Waals surface area contributed by atoms with Crippen LogP contribution in [0.15, 0.2) is 39.4 Å². The molecule has 0 aliphatic rings. The summed E-state index contributed by atoms with van der Waals surface area (Å²) in [6.07, 6.45) is 0. The summed E-state index contributed by atoms with van der Waals surface area (Å²) in [5.41, 5.74) is 3.56. The Morgan fingerprint density at radius 1 is 1.27 bits per heavy atom. The molecule has 2 heterocycles. The molecule has 3 aromatic rings. The molecule has 0 atom stereocenters. The van der Waals surface area contributed by atoms with Crippen molar-refractivity contribution in [2.45, 2.75) is 12.1 Å². The molecule has 0 unspecified atom stereocenters. The van der Waals surface area contributed by atoms with Crippen molar-refractivity contribution in [3.05, 3.63) is 35.3 Å². The standard InChI is InChI=1S/C13H11N5O2S2/c1-8-2-4-9(5-3-8)11-16-18-13(20-11)21-6-10(19)15-12-17-14-7-22-12/h2-5,7H,6H2,1H3,(H,15,17,19). The highest BCUT2D eigenvalue weighted by Gasteiger charge is 2.12. The van der Waals surface area contributed by atoms with Gasteiger partial charge in [0.2, 0.25) is 16.9 Å². The number of hydrogen-bond acceptors (Lipinski definition) is 8. The summed E-state index contributed by atoms with van der Waals surface area (Å²) >= 11 is 2.43. The van der Waals surface area contributed by atoms with Gasteiger partial charge >= 0.3 is 0 Å². The SMILES string of the molecule is Cc1ccc(-c2nnc(SCC(=O)Nc3nncs3)o2)cc1. The molecular formula is C13H11N5O2S2. The van der Waals surface area contributed by atoms with Gasteiger partial charge in [-0.25, -0.2) is 0 Å². The number of carbonyl (C=O) groups excluding carboxylic acids is 1. The van der Waals surface area contributed by atoms with Crippen molar-refractivity contribution in [2.75, 3.05) is 11.1 Å². The molecule has 0 bridgehead atoms. The summed E-state index contributed by atoms with van der Waals surface area (Å²) in [5, 5.41) is 18.7. The average molecular weight is 333 g/mol. The van der Waals surface area contributed by atoms with Crippen LogP contribution in [-0.2, 0) is 4.79 Å². The summed E-state index contributed by atoms with van der Waals surface area (Å²) in [4.78, 5) is 11.7.